The van der Waals surface area contributed by atoms with E-state index in [9.17, 15) is 4.79 Å². The first-order valence-electron chi connectivity index (χ1n) is 2.21. The Labute approximate surface area is 57.3 Å². The second kappa shape index (κ2) is 5.47. The Morgan fingerprint density at radius 2 is 2.38 bits per heavy atom. The first-order chi connectivity index (χ1) is 3.81. The molecule has 8 heavy (non-hydrogen) atoms. The van der Waals surface area contributed by atoms with E-state index in [0.29, 0.717) is 0 Å². The van der Waals surface area contributed by atoms with Gasteiger partial charge in [-0.1, -0.05) is 10.8 Å². The van der Waals surface area contributed by atoms with E-state index in [1.165, 1.54) is 11.0 Å². The molecule has 2 nitrogen and oxygen atoms in total. The molecule has 1 atom stereocenters. The fraction of sp³-hybridized carbons (Fsp3) is 0.750. The minimum Gasteiger partial charge on any atom is -0.302 e. The molecular formula is C4H9NOS2. The molecule has 0 aromatic carbocycles. The molecule has 4 heteroatoms. The summed E-state index contributed by atoms with van der Waals surface area (Å²) in [6, 6.07) is -0.0348. The number of hydrogen-bond donors (Lipinski definition) is 1. The summed E-state index contributed by atoms with van der Waals surface area (Å²) in [4.78, 5) is 9.93. The smallest absolute Gasteiger partial charge is 0.137 e. The maximum atomic E-state index is 9.93. The van der Waals surface area contributed by atoms with Gasteiger partial charge in [0.15, 0.2) is 0 Å². The van der Waals surface area contributed by atoms with Crippen LogP contribution in [0.1, 0.15) is 6.92 Å². The minimum atomic E-state index is -0.0348. The van der Waals surface area contributed by atoms with Crippen molar-refractivity contribution in [2.45, 2.75) is 13.0 Å². The highest BCUT2D eigenvalue weighted by Gasteiger charge is 1.94. The molecule has 0 heterocycles. The van der Waals surface area contributed by atoms with Gasteiger partial charge in [-0.05, 0) is 24.2 Å². The second-order valence-electron chi connectivity index (χ2n) is 1.29. The third-order valence-electron chi connectivity index (χ3n) is 0.521. The molecule has 0 spiro atoms. The molecule has 0 saturated heterocycles. The molecule has 0 rings (SSSR count). The average Bonchev–Trinajstić information content (AvgIpc) is 1.83. The van der Waals surface area contributed by atoms with Gasteiger partial charge in [0.25, 0.3) is 0 Å². The molecule has 1 N–H and O–H groups in total. The predicted molar refractivity (Wildman–Crippen MR) is 39.8 cm³/mol. The molecule has 0 aromatic rings. The Hall–Kier alpha value is 0.330. The van der Waals surface area contributed by atoms with E-state index in [1.54, 1.807) is 10.8 Å². The Morgan fingerprint density at radius 3 is 2.75 bits per heavy atom. The zero-order valence-corrected chi connectivity index (χ0v) is 6.51. The molecule has 1 unspecified atom stereocenters. The molecule has 0 aliphatic carbocycles. The van der Waals surface area contributed by atoms with Crippen LogP contribution < -0.4 is 4.72 Å². The third kappa shape index (κ3) is 4.49. The van der Waals surface area contributed by atoms with Gasteiger partial charge < -0.3 is 4.79 Å². The molecule has 48 valence electrons. The van der Waals surface area contributed by atoms with Gasteiger partial charge in [-0.2, -0.15) is 0 Å². The van der Waals surface area contributed by atoms with Gasteiger partial charge in [0, 0.05) is 0 Å². The summed E-state index contributed by atoms with van der Waals surface area (Å²) in [5, 5.41) is 0. The van der Waals surface area contributed by atoms with Crippen LogP contribution in [-0.2, 0) is 4.79 Å². The highest BCUT2D eigenvalue weighted by Crippen LogP contribution is 2.11. The second-order valence-corrected chi connectivity index (χ2v) is 3.53. The van der Waals surface area contributed by atoms with Crippen LogP contribution in [0.25, 0.3) is 0 Å². The van der Waals surface area contributed by atoms with Gasteiger partial charge in [0.2, 0.25) is 0 Å². The molecule has 0 aliphatic heterocycles. The predicted octanol–water partition coefficient (Wildman–Crippen LogP) is 1.09. The Morgan fingerprint density at radius 1 is 1.75 bits per heavy atom. The summed E-state index contributed by atoms with van der Waals surface area (Å²) in [6.45, 7) is 1.82. The monoisotopic (exact) mass is 151 g/mol. The topological polar surface area (TPSA) is 29.1 Å². The number of nitrogens with one attached hydrogen (secondary N) is 1. The number of aldehydes is 1. The quantitative estimate of drug-likeness (QED) is 0.370. The van der Waals surface area contributed by atoms with Crippen LogP contribution in [0.4, 0.5) is 0 Å². The van der Waals surface area contributed by atoms with Gasteiger partial charge >= 0.3 is 0 Å². The molecule has 0 radical (unpaired) electrons. The van der Waals surface area contributed by atoms with Crippen LogP contribution in [0, 0.1) is 0 Å². The lowest BCUT2D eigenvalue weighted by atomic mass is 10.4. The van der Waals surface area contributed by atoms with Crippen molar-refractivity contribution < 1.29 is 4.79 Å². The zero-order valence-electron chi connectivity index (χ0n) is 4.88. The molecule has 0 amide bonds. The van der Waals surface area contributed by atoms with Crippen molar-refractivity contribution >= 4 is 28.1 Å². The van der Waals surface area contributed by atoms with Gasteiger partial charge in [-0.3, -0.25) is 0 Å². The van der Waals surface area contributed by atoms with Crippen molar-refractivity contribution in [1.29, 1.82) is 0 Å². The Kier molecular flexibility index (Phi) is 5.69. The summed E-state index contributed by atoms with van der Waals surface area (Å²) in [7, 11) is 3.07. The number of hydrogen-bond acceptors (Lipinski definition) is 4. The summed E-state index contributed by atoms with van der Waals surface area (Å²) < 4.78 is 2.89. The van der Waals surface area contributed by atoms with Crippen molar-refractivity contribution in [1.82, 2.24) is 4.72 Å². The largest absolute Gasteiger partial charge is 0.302 e. The third-order valence-corrected chi connectivity index (χ3v) is 1.94. The van der Waals surface area contributed by atoms with E-state index in [-0.39, 0.29) is 6.04 Å². The van der Waals surface area contributed by atoms with E-state index in [1.807, 2.05) is 13.2 Å². The first-order valence-corrected chi connectivity index (χ1v) is 4.77. The van der Waals surface area contributed by atoms with Crippen LogP contribution >= 0.6 is 21.8 Å². The van der Waals surface area contributed by atoms with Gasteiger partial charge in [-0.25, -0.2) is 4.72 Å². The minimum absolute atomic E-state index is 0.0348. The normalized spacial score (nSPS) is 13.2. The summed E-state index contributed by atoms with van der Waals surface area (Å²) in [5.41, 5.74) is 0. The fourth-order valence-corrected chi connectivity index (χ4v) is 1.20. The number of rotatable bonds is 4. The Bertz CT molecular complexity index is 69.1. The van der Waals surface area contributed by atoms with Crippen LogP contribution in [0.15, 0.2) is 0 Å². The number of carbonyl (C=O) groups excluding carboxylic acids is 1. The molecule has 0 fully saturated rings. The van der Waals surface area contributed by atoms with E-state index in [4.69, 9.17) is 0 Å². The maximum absolute atomic E-state index is 9.93. The highest BCUT2D eigenvalue weighted by molar-refractivity contribution is 8.75. The zero-order chi connectivity index (χ0) is 6.41. The number of carbonyl (C=O) groups is 1. The van der Waals surface area contributed by atoms with Gasteiger partial charge in [-0.15, -0.1) is 0 Å². The van der Waals surface area contributed by atoms with Crippen molar-refractivity contribution in [2.24, 2.45) is 0 Å². The van der Waals surface area contributed by atoms with Crippen LogP contribution in [0.5, 0.6) is 0 Å². The van der Waals surface area contributed by atoms with Crippen molar-refractivity contribution in [3.63, 3.8) is 0 Å². The van der Waals surface area contributed by atoms with Crippen LogP contribution in [0.2, 0.25) is 0 Å². The van der Waals surface area contributed by atoms with Crippen molar-refractivity contribution in [3.8, 4) is 0 Å². The van der Waals surface area contributed by atoms with Crippen LogP contribution in [0.3, 0.4) is 0 Å². The van der Waals surface area contributed by atoms with Crippen molar-refractivity contribution in [2.75, 3.05) is 6.26 Å². The highest BCUT2D eigenvalue weighted by atomic mass is 33.1. The maximum Gasteiger partial charge on any atom is 0.137 e. The molecule has 0 aliphatic rings. The Balaban J connectivity index is 2.98. The van der Waals surface area contributed by atoms with E-state index < -0.39 is 0 Å². The van der Waals surface area contributed by atoms with Gasteiger partial charge in [0.1, 0.15) is 6.29 Å². The lowest BCUT2D eigenvalue weighted by Gasteiger charge is -2.00. The van der Waals surface area contributed by atoms with E-state index in [0.717, 1.165) is 6.29 Å². The summed E-state index contributed by atoms with van der Waals surface area (Å²) in [5.74, 6) is 0. The molecule has 0 bridgehead atoms. The summed E-state index contributed by atoms with van der Waals surface area (Å²) >= 11 is 0. The standard InChI is InChI=1S/C4H9NOS2/c1-4(3-6)5-8-7-2/h3-5H,1-2H3. The molecule has 0 aromatic heterocycles. The summed E-state index contributed by atoms with van der Waals surface area (Å²) in [6.07, 6.45) is 2.83. The SMILES string of the molecule is CSSNC(C)C=O. The molecular weight excluding hydrogens is 142 g/mol. The first kappa shape index (κ1) is 8.33. The fourth-order valence-electron chi connectivity index (χ4n) is 0.152. The molecule has 0 saturated carbocycles. The van der Waals surface area contributed by atoms with Gasteiger partial charge in [0.05, 0.1) is 6.04 Å². The van der Waals surface area contributed by atoms with Crippen LogP contribution in [-0.4, -0.2) is 18.6 Å². The van der Waals surface area contributed by atoms with E-state index >= 15 is 0 Å². The average molecular weight is 151 g/mol. The van der Waals surface area contributed by atoms with Crippen molar-refractivity contribution in [3.05, 3.63) is 0 Å². The lowest BCUT2D eigenvalue weighted by Crippen LogP contribution is -2.18. The lowest BCUT2D eigenvalue weighted by molar-refractivity contribution is -0.108. The van der Waals surface area contributed by atoms with E-state index in [2.05, 4.69) is 4.72 Å².